The van der Waals surface area contributed by atoms with Crippen molar-refractivity contribution in [1.82, 2.24) is 15.1 Å². The summed E-state index contributed by atoms with van der Waals surface area (Å²) in [4.78, 5) is 32.1. The van der Waals surface area contributed by atoms with Crippen molar-refractivity contribution in [3.05, 3.63) is 53.5 Å². The Bertz CT molecular complexity index is 1090. The summed E-state index contributed by atoms with van der Waals surface area (Å²) in [5.41, 5.74) is 0.466. The first kappa shape index (κ1) is 24.6. The molecule has 4 heterocycles. The van der Waals surface area contributed by atoms with Crippen molar-refractivity contribution >= 4 is 17.5 Å². The fourth-order valence-electron chi connectivity index (χ4n) is 5.33. The lowest BCUT2D eigenvalue weighted by atomic mass is 9.82. The van der Waals surface area contributed by atoms with Crippen molar-refractivity contribution in [1.29, 1.82) is 0 Å². The van der Waals surface area contributed by atoms with E-state index in [1.165, 1.54) is 12.3 Å². The first-order valence-corrected chi connectivity index (χ1v) is 12.2. The first-order chi connectivity index (χ1) is 17.3. The van der Waals surface area contributed by atoms with Crippen molar-refractivity contribution in [3.63, 3.8) is 0 Å². The van der Waals surface area contributed by atoms with Crippen LogP contribution in [0.15, 0.2) is 41.0 Å². The van der Waals surface area contributed by atoms with E-state index in [0.717, 1.165) is 25.2 Å². The first-order valence-electron chi connectivity index (χ1n) is 12.2. The number of nitrogens with zero attached hydrogens (tertiary/aromatic N) is 3. The van der Waals surface area contributed by atoms with Gasteiger partial charge in [-0.2, -0.15) is 13.2 Å². The second kappa shape index (κ2) is 10.1. The van der Waals surface area contributed by atoms with Gasteiger partial charge in [0.05, 0.1) is 37.0 Å². The Morgan fingerprint density at radius 3 is 2.61 bits per heavy atom. The summed E-state index contributed by atoms with van der Waals surface area (Å²) in [5.74, 6) is -0.850. The van der Waals surface area contributed by atoms with Gasteiger partial charge in [-0.1, -0.05) is 0 Å². The Labute approximate surface area is 207 Å². The highest BCUT2D eigenvalue weighted by Crippen LogP contribution is 2.40. The van der Waals surface area contributed by atoms with Crippen LogP contribution in [0.1, 0.15) is 21.7 Å². The number of rotatable bonds is 5. The zero-order chi connectivity index (χ0) is 25.3. The quantitative estimate of drug-likeness (QED) is 0.671. The molecule has 2 fully saturated rings. The van der Waals surface area contributed by atoms with Crippen molar-refractivity contribution < 1.29 is 31.9 Å². The summed E-state index contributed by atoms with van der Waals surface area (Å²) in [6, 6.07) is 6.61. The fourth-order valence-corrected chi connectivity index (χ4v) is 5.33. The number of anilines is 1. The number of benzene rings is 1. The summed E-state index contributed by atoms with van der Waals surface area (Å²) < 4.78 is 50.8. The third kappa shape index (κ3) is 5.08. The van der Waals surface area contributed by atoms with Crippen LogP contribution in [-0.4, -0.2) is 86.7 Å². The molecule has 1 aromatic heterocycles. The molecule has 8 nitrogen and oxygen atoms in total. The van der Waals surface area contributed by atoms with Gasteiger partial charge < -0.3 is 24.3 Å². The Morgan fingerprint density at radius 2 is 1.89 bits per heavy atom. The predicted molar refractivity (Wildman–Crippen MR) is 125 cm³/mol. The van der Waals surface area contributed by atoms with Crippen LogP contribution >= 0.6 is 0 Å². The number of amides is 2. The zero-order valence-corrected chi connectivity index (χ0v) is 19.8. The van der Waals surface area contributed by atoms with Crippen LogP contribution in [0, 0.1) is 5.92 Å². The average molecular weight is 507 g/mol. The van der Waals surface area contributed by atoms with Gasteiger partial charge >= 0.3 is 6.18 Å². The third-order valence-corrected chi connectivity index (χ3v) is 7.23. The van der Waals surface area contributed by atoms with Crippen LogP contribution in [0.2, 0.25) is 0 Å². The molecule has 36 heavy (non-hydrogen) atoms. The molecular formula is C25H29F3N4O4. The van der Waals surface area contributed by atoms with E-state index < -0.39 is 17.7 Å². The van der Waals surface area contributed by atoms with Gasteiger partial charge in [0, 0.05) is 51.5 Å². The van der Waals surface area contributed by atoms with Crippen LogP contribution in [0.25, 0.3) is 0 Å². The minimum atomic E-state index is -4.46. The molecule has 1 N–H and O–H groups in total. The van der Waals surface area contributed by atoms with E-state index in [9.17, 15) is 22.8 Å². The molecule has 2 saturated heterocycles. The number of carbonyl (C=O) groups excluding carboxylic acids is 2. The lowest BCUT2D eigenvalue weighted by Gasteiger charge is -2.49. The van der Waals surface area contributed by atoms with Gasteiger partial charge in [0.2, 0.25) is 5.91 Å². The second-order valence-corrected chi connectivity index (χ2v) is 9.39. The van der Waals surface area contributed by atoms with Crippen molar-refractivity contribution in [3.8, 4) is 0 Å². The Hall–Kier alpha value is -3.05. The number of alkyl halides is 3. The van der Waals surface area contributed by atoms with Gasteiger partial charge in [-0.05, 0) is 42.3 Å². The third-order valence-electron chi connectivity index (χ3n) is 7.23. The molecule has 3 aliphatic rings. The normalized spacial score (nSPS) is 22.6. The Balaban J connectivity index is 1.36. The molecule has 0 spiro atoms. The summed E-state index contributed by atoms with van der Waals surface area (Å²) in [6.07, 6.45) is -2.86. The largest absolute Gasteiger partial charge is 0.459 e. The summed E-state index contributed by atoms with van der Waals surface area (Å²) in [5, 5.41) is 2.99. The summed E-state index contributed by atoms with van der Waals surface area (Å²) in [7, 11) is 0. The molecule has 2 aromatic rings. The molecule has 0 aliphatic carbocycles. The smallest absolute Gasteiger partial charge is 0.416 e. The number of hydrogen-bond donors (Lipinski definition) is 1. The highest BCUT2D eigenvalue weighted by molar-refractivity contribution is 5.92. The number of nitrogens with one attached hydrogen (secondary N) is 1. The number of ether oxygens (including phenoxy) is 1. The van der Waals surface area contributed by atoms with E-state index in [1.807, 2.05) is 4.90 Å². The number of morpholine rings is 1. The molecular weight excluding hydrogens is 477 g/mol. The van der Waals surface area contributed by atoms with Gasteiger partial charge in [0.25, 0.3) is 5.91 Å². The molecule has 0 radical (unpaired) electrons. The summed E-state index contributed by atoms with van der Waals surface area (Å²) >= 11 is 0. The standard InChI is InChI=1S/C25H29F3N4O4/c26-25(27,28)18-3-4-20-17(14-18)15-19(23(33)29-5-6-30-9-12-35-13-10-30)21-16-31(7-8-32(20)21)24(34)22-2-1-11-36-22/h1-4,11,14,19,21H,5-10,12-13,15-16H2,(H,29,33)/t19-,21-/m0/s1. The monoisotopic (exact) mass is 506 g/mol. The second-order valence-electron chi connectivity index (χ2n) is 9.39. The van der Waals surface area contributed by atoms with Gasteiger partial charge in [-0.25, -0.2) is 0 Å². The topological polar surface area (TPSA) is 78.3 Å². The van der Waals surface area contributed by atoms with Crippen LogP contribution in [0.5, 0.6) is 0 Å². The number of halogens is 3. The number of hydrogen-bond acceptors (Lipinski definition) is 6. The molecule has 0 unspecified atom stereocenters. The maximum absolute atomic E-state index is 13.4. The number of furan rings is 1. The van der Waals surface area contributed by atoms with Gasteiger partial charge in [0.1, 0.15) is 0 Å². The lowest BCUT2D eigenvalue weighted by molar-refractivity contribution is -0.137. The maximum Gasteiger partial charge on any atom is 0.416 e. The molecule has 5 rings (SSSR count). The van der Waals surface area contributed by atoms with Crippen LogP contribution in [0.4, 0.5) is 18.9 Å². The van der Waals surface area contributed by atoms with E-state index in [2.05, 4.69) is 10.2 Å². The van der Waals surface area contributed by atoms with Gasteiger partial charge in [-0.15, -0.1) is 0 Å². The minimum Gasteiger partial charge on any atom is -0.459 e. The molecule has 1 aromatic carbocycles. The molecule has 0 saturated carbocycles. The maximum atomic E-state index is 13.4. The van der Waals surface area contributed by atoms with E-state index in [0.29, 0.717) is 50.6 Å². The van der Waals surface area contributed by atoms with E-state index in [1.54, 1.807) is 17.0 Å². The molecule has 2 atom stereocenters. The van der Waals surface area contributed by atoms with Crippen LogP contribution in [0.3, 0.4) is 0 Å². The lowest BCUT2D eigenvalue weighted by Crippen LogP contribution is -2.62. The highest BCUT2D eigenvalue weighted by Gasteiger charge is 2.43. The predicted octanol–water partition coefficient (Wildman–Crippen LogP) is 2.25. The molecule has 194 valence electrons. The highest BCUT2D eigenvalue weighted by atomic mass is 19.4. The van der Waals surface area contributed by atoms with Crippen molar-refractivity contribution in [2.24, 2.45) is 5.92 Å². The zero-order valence-electron chi connectivity index (χ0n) is 19.8. The van der Waals surface area contributed by atoms with Crippen LogP contribution in [-0.2, 0) is 22.1 Å². The minimum absolute atomic E-state index is 0.173. The average Bonchev–Trinajstić information content (AvgIpc) is 3.42. The molecule has 0 bridgehead atoms. The molecule has 3 aliphatic heterocycles. The SMILES string of the molecule is O=C(NCCN1CCOCC1)[C@H]1Cc2cc(C(F)(F)F)ccc2N2CCN(C(=O)c3ccco3)C[C@@H]12. The Morgan fingerprint density at radius 1 is 1.08 bits per heavy atom. The number of piperazine rings is 1. The van der Waals surface area contributed by atoms with E-state index in [-0.39, 0.29) is 36.6 Å². The van der Waals surface area contributed by atoms with Crippen LogP contribution < -0.4 is 10.2 Å². The van der Waals surface area contributed by atoms with E-state index in [4.69, 9.17) is 9.15 Å². The fraction of sp³-hybridized carbons (Fsp3) is 0.520. The molecule has 11 heteroatoms. The summed E-state index contributed by atoms with van der Waals surface area (Å²) in [6.45, 7) is 5.09. The van der Waals surface area contributed by atoms with E-state index >= 15 is 0 Å². The number of carbonyl (C=O) groups is 2. The van der Waals surface area contributed by atoms with Crippen molar-refractivity contribution in [2.75, 3.05) is 63.9 Å². The van der Waals surface area contributed by atoms with Gasteiger partial charge in [-0.3, -0.25) is 14.5 Å². The Kier molecular flexibility index (Phi) is 6.94. The number of fused-ring (bicyclic) bond motifs is 3. The van der Waals surface area contributed by atoms with Gasteiger partial charge in [0.15, 0.2) is 5.76 Å². The molecule has 2 amide bonds. The van der Waals surface area contributed by atoms with Crippen molar-refractivity contribution in [2.45, 2.75) is 18.6 Å².